The van der Waals surface area contributed by atoms with Crippen LogP contribution in [0.2, 0.25) is 0 Å². The van der Waals surface area contributed by atoms with E-state index < -0.39 is 0 Å². The maximum Gasteiger partial charge on any atom is 0.147 e. The van der Waals surface area contributed by atoms with Gasteiger partial charge in [0.25, 0.3) is 0 Å². The van der Waals surface area contributed by atoms with E-state index in [4.69, 9.17) is 0 Å². The average Bonchev–Trinajstić information content (AvgIpc) is 2.89. The third-order valence-corrected chi connectivity index (χ3v) is 3.37. The van der Waals surface area contributed by atoms with Gasteiger partial charge in [0.1, 0.15) is 11.6 Å². The normalized spacial score (nSPS) is 10.9. The fraction of sp³-hybridized carbons (Fsp3) is 0.500. The molecular weight excluding hydrogens is 232 g/mol. The first-order valence-electron chi connectivity index (χ1n) is 5.85. The Morgan fingerprint density at radius 3 is 2.88 bits per heavy atom. The molecule has 2 aromatic rings. The molecule has 0 unspecified atom stereocenters. The van der Waals surface area contributed by atoms with Crippen LogP contribution in [0.15, 0.2) is 16.8 Å². The number of hydrogen-bond acceptors (Lipinski definition) is 4. The maximum atomic E-state index is 4.32. The zero-order valence-electron chi connectivity index (χ0n) is 10.3. The van der Waals surface area contributed by atoms with Crippen molar-refractivity contribution < 1.29 is 0 Å². The smallest absolute Gasteiger partial charge is 0.147 e. The second-order valence-corrected chi connectivity index (χ2v) is 4.84. The van der Waals surface area contributed by atoms with Gasteiger partial charge in [-0.05, 0) is 49.2 Å². The second-order valence-electron chi connectivity index (χ2n) is 4.06. The van der Waals surface area contributed by atoms with Crippen LogP contribution in [0.25, 0.3) is 0 Å². The monoisotopic (exact) mass is 250 g/mol. The Balaban J connectivity index is 1.65. The Kier molecular flexibility index (Phi) is 4.28. The molecule has 0 atom stereocenters. The molecule has 0 amide bonds. The molecule has 2 rings (SSSR count). The van der Waals surface area contributed by atoms with Gasteiger partial charge in [0.05, 0.1) is 6.54 Å². The number of nitrogens with zero attached hydrogens (tertiary/aromatic N) is 3. The zero-order valence-corrected chi connectivity index (χ0v) is 11.1. The van der Waals surface area contributed by atoms with Crippen molar-refractivity contribution in [1.29, 1.82) is 0 Å². The number of nitrogens with one attached hydrogen (secondary N) is 1. The van der Waals surface area contributed by atoms with Gasteiger partial charge in [-0.25, -0.2) is 9.67 Å². The molecule has 0 aromatic carbocycles. The summed E-state index contributed by atoms with van der Waals surface area (Å²) in [4.78, 5) is 4.28. The lowest BCUT2D eigenvalue weighted by molar-refractivity contribution is 0.542. The van der Waals surface area contributed by atoms with Crippen LogP contribution in [0.3, 0.4) is 0 Å². The van der Waals surface area contributed by atoms with Crippen molar-refractivity contribution in [2.75, 3.05) is 13.1 Å². The molecule has 92 valence electrons. The van der Waals surface area contributed by atoms with Crippen molar-refractivity contribution in [1.82, 2.24) is 20.1 Å². The lowest BCUT2D eigenvalue weighted by atomic mass is 10.2. The first-order valence-corrected chi connectivity index (χ1v) is 6.80. The van der Waals surface area contributed by atoms with Gasteiger partial charge in [-0.1, -0.05) is 0 Å². The Bertz CT molecular complexity index is 447. The summed E-state index contributed by atoms with van der Waals surface area (Å²) in [7, 11) is 0. The molecule has 0 saturated carbocycles. The molecule has 0 spiro atoms. The van der Waals surface area contributed by atoms with E-state index >= 15 is 0 Å². The SMILES string of the molecule is Cc1nc(C)n(CCNCCc2ccsc2)n1. The van der Waals surface area contributed by atoms with E-state index in [1.54, 1.807) is 11.3 Å². The Morgan fingerprint density at radius 2 is 2.24 bits per heavy atom. The summed E-state index contributed by atoms with van der Waals surface area (Å²) in [6.45, 7) is 6.76. The minimum absolute atomic E-state index is 0.848. The van der Waals surface area contributed by atoms with Crippen LogP contribution in [-0.2, 0) is 13.0 Å². The number of aromatic nitrogens is 3. The average molecular weight is 250 g/mol. The highest BCUT2D eigenvalue weighted by molar-refractivity contribution is 7.07. The van der Waals surface area contributed by atoms with Gasteiger partial charge in [0, 0.05) is 6.54 Å². The van der Waals surface area contributed by atoms with Gasteiger partial charge in [-0.15, -0.1) is 0 Å². The maximum absolute atomic E-state index is 4.32. The summed E-state index contributed by atoms with van der Waals surface area (Å²) < 4.78 is 1.95. The van der Waals surface area contributed by atoms with Crippen LogP contribution in [0.1, 0.15) is 17.2 Å². The van der Waals surface area contributed by atoms with E-state index in [9.17, 15) is 0 Å². The Morgan fingerprint density at radius 1 is 1.35 bits per heavy atom. The number of thiophene rings is 1. The molecular formula is C12H18N4S. The van der Waals surface area contributed by atoms with Crippen molar-refractivity contribution in [2.24, 2.45) is 0 Å². The fourth-order valence-electron chi connectivity index (χ4n) is 1.75. The molecule has 2 heterocycles. The number of aryl methyl sites for hydroxylation is 2. The minimum atomic E-state index is 0.848. The molecule has 0 bridgehead atoms. The summed E-state index contributed by atoms with van der Waals surface area (Å²) >= 11 is 1.75. The largest absolute Gasteiger partial charge is 0.315 e. The van der Waals surface area contributed by atoms with Crippen LogP contribution in [0.5, 0.6) is 0 Å². The van der Waals surface area contributed by atoms with Gasteiger partial charge in [-0.2, -0.15) is 16.4 Å². The van der Waals surface area contributed by atoms with Gasteiger partial charge in [-0.3, -0.25) is 0 Å². The first-order chi connectivity index (χ1) is 8.25. The number of hydrogen-bond donors (Lipinski definition) is 1. The van der Waals surface area contributed by atoms with Crippen molar-refractivity contribution in [3.8, 4) is 0 Å². The lowest BCUT2D eigenvalue weighted by Gasteiger charge is -2.05. The van der Waals surface area contributed by atoms with E-state index in [0.717, 1.165) is 37.7 Å². The lowest BCUT2D eigenvalue weighted by Crippen LogP contribution is -2.23. The molecule has 1 N–H and O–H groups in total. The minimum Gasteiger partial charge on any atom is -0.315 e. The third kappa shape index (κ3) is 3.64. The Labute approximate surface area is 106 Å². The van der Waals surface area contributed by atoms with Gasteiger partial charge >= 0.3 is 0 Å². The highest BCUT2D eigenvalue weighted by Gasteiger charge is 2.01. The summed E-state index contributed by atoms with van der Waals surface area (Å²) in [5.41, 5.74) is 1.41. The van der Waals surface area contributed by atoms with Crippen LogP contribution >= 0.6 is 11.3 Å². The molecule has 0 aliphatic rings. The quantitative estimate of drug-likeness (QED) is 0.795. The molecule has 2 aromatic heterocycles. The number of rotatable bonds is 6. The first kappa shape index (κ1) is 12.3. The zero-order chi connectivity index (χ0) is 12.1. The predicted molar refractivity (Wildman–Crippen MR) is 70.4 cm³/mol. The summed E-state index contributed by atoms with van der Waals surface area (Å²) in [6, 6.07) is 2.18. The van der Waals surface area contributed by atoms with Crippen molar-refractivity contribution in [3.05, 3.63) is 34.0 Å². The van der Waals surface area contributed by atoms with Crippen molar-refractivity contribution in [3.63, 3.8) is 0 Å². The third-order valence-electron chi connectivity index (χ3n) is 2.63. The van der Waals surface area contributed by atoms with Gasteiger partial charge < -0.3 is 5.32 Å². The van der Waals surface area contributed by atoms with E-state index in [0.29, 0.717) is 0 Å². The van der Waals surface area contributed by atoms with E-state index in [2.05, 4.69) is 32.2 Å². The van der Waals surface area contributed by atoms with E-state index in [1.165, 1.54) is 5.56 Å². The summed E-state index contributed by atoms with van der Waals surface area (Å²) in [5, 5.41) is 12.1. The van der Waals surface area contributed by atoms with Crippen LogP contribution in [0.4, 0.5) is 0 Å². The topological polar surface area (TPSA) is 42.7 Å². The molecule has 4 nitrogen and oxygen atoms in total. The predicted octanol–water partition coefficient (Wildman–Crippen LogP) is 1.79. The molecule has 0 aliphatic heterocycles. The molecule has 0 aliphatic carbocycles. The highest BCUT2D eigenvalue weighted by Crippen LogP contribution is 2.05. The summed E-state index contributed by atoms with van der Waals surface area (Å²) in [6.07, 6.45) is 1.10. The Hall–Kier alpha value is -1.20. The van der Waals surface area contributed by atoms with Crippen LogP contribution in [0, 0.1) is 13.8 Å². The van der Waals surface area contributed by atoms with Crippen molar-refractivity contribution >= 4 is 11.3 Å². The van der Waals surface area contributed by atoms with Crippen LogP contribution in [-0.4, -0.2) is 27.9 Å². The fourth-order valence-corrected chi connectivity index (χ4v) is 2.45. The molecule has 0 saturated heterocycles. The summed E-state index contributed by atoms with van der Waals surface area (Å²) in [5.74, 6) is 1.84. The molecule has 5 heteroatoms. The van der Waals surface area contributed by atoms with E-state index in [-0.39, 0.29) is 0 Å². The second kappa shape index (κ2) is 5.93. The standard InChI is InChI=1S/C12H18N4S/c1-10-14-11(2)16(15-10)7-6-13-5-3-12-4-8-17-9-12/h4,8-9,13H,3,5-7H2,1-2H3. The molecule has 0 radical (unpaired) electrons. The highest BCUT2D eigenvalue weighted by atomic mass is 32.1. The molecule has 0 fully saturated rings. The van der Waals surface area contributed by atoms with Gasteiger partial charge in [0.2, 0.25) is 0 Å². The molecule has 17 heavy (non-hydrogen) atoms. The van der Waals surface area contributed by atoms with Gasteiger partial charge in [0.15, 0.2) is 0 Å². The van der Waals surface area contributed by atoms with Crippen LogP contribution < -0.4 is 5.32 Å². The van der Waals surface area contributed by atoms with Crippen molar-refractivity contribution in [2.45, 2.75) is 26.8 Å². The van der Waals surface area contributed by atoms with E-state index in [1.807, 2.05) is 18.5 Å².